The minimum atomic E-state index is -0.338. The van der Waals surface area contributed by atoms with Crippen LogP contribution in [0.5, 0.6) is 0 Å². The molecule has 9 nitrogen and oxygen atoms in total. The number of pyridine rings is 1. The van der Waals surface area contributed by atoms with Gasteiger partial charge in [-0.05, 0) is 51.8 Å². The van der Waals surface area contributed by atoms with E-state index in [2.05, 4.69) is 41.3 Å². The number of thiazole rings is 1. The summed E-state index contributed by atoms with van der Waals surface area (Å²) in [5.41, 5.74) is 1.84. The van der Waals surface area contributed by atoms with Crippen molar-refractivity contribution in [2.24, 2.45) is 0 Å². The highest BCUT2D eigenvalue weighted by atomic mass is 32.1. The molecule has 0 unspecified atom stereocenters. The molecule has 1 saturated heterocycles. The number of carbonyl (C=O) groups excluding carboxylic acids is 2. The molecule has 0 bridgehead atoms. The van der Waals surface area contributed by atoms with Gasteiger partial charge in [-0.15, -0.1) is 11.3 Å². The van der Waals surface area contributed by atoms with Crippen LogP contribution in [0, 0.1) is 0 Å². The van der Waals surface area contributed by atoms with Crippen molar-refractivity contribution in [1.82, 2.24) is 19.9 Å². The van der Waals surface area contributed by atoms with Crippen LogP contribution in [0.15, 0.2) is 42.0 Å². The van der Waals surface area contributed by atoms with Crippen LogP contribution in [-0.4, -0.2) is 59.2 Å². The number of nitrogens with one attached hydrogen (secondary N) is 2. The third-order valence-corrected chi connectivity index (χ3v) is 6.68. The minimum Gasteiger partial charge on any atom is -0.380 e. The van der Waals surface area contributed by atoms with Crippen molar-refractivity contribution < 1.29 is 14.3 Å². The summed E-state index contributed by atoms with van der Waals surface area (Å²) in [4.78, 5) is 36.3. The number of methoxy groups -OCH3 is 1. The SMILES string of the molecule is CO[C@H]1CCCN(c2cccc(-c3csc(NC(=O)CNC(=O)c4ccn(C(C)(C)C)c4)n3)n2)C1. The highest BCUT2D eigenvalue weighted by Crippen LogP contribution is 2.26. The summed E-state index contributed by atoms with van der Waals surface area (Å²) < 4.78 is 7.49. The Hall–Kier alpha value is -3.24. The number of hydrogen-bond donors (Lipinski definition) is 2. The molecule has 4 rings (SSSR count). The zero-order valence-electron chi connectivity index (χ0n) is 20.6. The largest absolute Gasteiger partial charge is 0.380 e. The van der Waals surface area contributed by atoms with Crippen molar-refractivity contribution in [2.45, 2.75) is 45.3 Å². The molecule has 1 aliphatic heterocycles. The summed E-state index contributed by atoms with van der Waals surface area (Å²) in [7, 11) is 1.75. The van der Waals surface area contributed by atoms with Gasteiger partial charge in [-0.3, -0.25) is 9.59 Å². The van der Waals surface area contributed by atoms with E-state index in [4.69, 9.17) is 9.72 Å². The van der Waals surface area contributed by atoms with Crippen LogP contribution in [0.4, 0.5) is 10.9 Å². The summed E-state index contributed by atoms with van der Waals surface area (Å²) in [6, 6.07) is 7.61. The van der Waals surface area contributed by atoms with E-state index < -0.39 is 0 Å². The standard InChI is InChI=1S/C25H32N6O3S/c1-25(2,3)31-12-10-17(14-31)23(33)26-13-22(32)29-24-28-20(16-35-24)19-8-5-9-21(27-19)30-11-6-7-18(15-30)34-4/h5,8-10,12,14,16,18H,6-7,11,13,15H2,1-4H3,(H,26,33)(H,28,29,32)/t18-/m0/s1. The molecule has 35 heavy (non-hydrogen) atoms. The molecule has 1 atom stereocenters. The predicted octanol–water partition coefficient (Wildman–Crippen LogP) is 3.75. The zero-order valence-corrected chi connectivity index (χ0v) is 21.4. The lowest BCUT2D eigenvalue weighted by Crippen LogP contribution is -2.39. The number of ether oxygens (including phenoxy) is 1. The van der Waals surface area contributed by atoms with E-state index in [9.17, 15) is 9.59 Å². The Morgan fingerprint density at radius 2 is 2.03 bits per heavy atom. The van der Waals surface area contributed by atoms with Crippen molar-refractivity contribution in [3.8, 4) is 11.4 Å². The van der Waals surface area contributed by atoms with E-state index in [1.807, 2.05) is 34.3 Å². The van der Waals surface area contributed by atoms with Gasteiger partial charge < -0.3 is 24.8 Å². The first-order chi connectivity index (χ1) is 16.7. The summed E-state index contributed by atoms with van der Waals surface area (Å²) in [6.07, 6.45) is 5.98. The van der Waals surface area contributed by atoms with Crippen LogP contribution in [0.3, 0.4) is 0 Å². The Bertz CT molecular complexity index is 1180. The molecule has 2 N–H and O–H groups in total. The third-order valence-electron chi connectivity index (χ3n) is 5.92. The number of aromatic nitrogens is 3. The van der Waals surface area contributed by atoms with Gasteiger partial charge in [0.05, 0.1) is 23.9 Å². The van der Waals surface area contributed by atoms with Crippen molar-refractivity contribution >= 4 is 34.1 Å². The van der Waals surface area contributed by atoms with Crippen LogP contribution < -0.4 is 15.5 Å². The second-order valence-corrected chi connectivity index (χ2v) is 10.4. The van der Waals surface area contributed by atoms with Gasteiger partial charge in [-0.2, -0.15) is 0 Å². The van der Waals surface area contributed by atoms with E-state index in [1.165, 1.54) is 11.3 Å². The smallest absolute Gasteiger partial charge is 0.253 e. The van der Waals surface area contributed by atoms with E-state index >= 15 is 0 Å². The lowest BCUT2D eigenvalue weighted by atomic mass is 10.1. The Balaban J connectivity index is 1.33. The molecule has 4 heterocycles. The summed E-state index contributed by atoms with van der Waals surface area (Å²) in [6.45, 7) is 7.79. The average Bonchev–Trinajstić information content (AvgIpc) is 3.53. The Morgan fingerprint density at radius 3 is 2.77 bits per heavy atom. The molecule has 0 saturated carbocycles. The fourth-order valence-electron chi connectivity index (χ4n) is 3.90. The molecule has 10 heteroatoms. The first-order valence-corrected chi connectivity index (χ1v) is 12.6. The third kappa shape index (κ3) is 6.26. The number of carbonyl (C=O) groups is 2. The van der Waals surface area contributed by atoms with Crippen molar-refractivity contribution in [3.05, 3.63) is 47.6 Å². The quantitative estimate of drug-likeness (QED) is 0.517. The summed E-state index contributed by atoms with van der Waals surface area (Å²) in [5, 5.41) is 7.74. The van der Waals surface area contributed by atoms with Gasteiger partial charge in [0, 0.05) is 43.5 Å². The molecule has 1 aliphatic rings. The Labute approximate surface area is 209 Å². The van der Waals surface area contributed by atoms with Crippen molar-refractivity contribution in [3.63, 3.8) is 0 Å². The summed E-state index contributed by atoms with van der Waals surface area (Å²) >= 11 is 1.32. The normalized spacial score (nSPS) is 16.2. The Morgan fingerprint density at radius 1 is 1.20 bits per heavy atom. The number of hydrogen-bond acceptors (Lipinski definition) is 7. The van der Waals surface area contributed by atoms with Gasteiger partial charge in [0.1, 0.15) is 11.5 Å². The minimum absolute atomic E-state index is 0.118. The first-order valence-electron chi connectivity index (χ1n) is 11.7. The molecule has 0 aliphatic carbocycles. The molecular weight excluding hydrogens is 464 g/mol. The highest BCUT2D eigenvalue weighted by molar-refractivity contribution is 7.14. The van der Waals surface area contributed by atoms with Gasteiger partial charge in [-0.1, -0.05) is 6.07 Å². The predicted molar refractivity (Wildman–Crippen MR) is 138 cm³/mol. The van der Waals surface area contributed by atoms with Crippen molar-refractivity contribution in [2.75, 3.05) is 37.0 Å². The van der Waals surface area contributed by atoms with Crippen LogP contribution in [-0.2, 0) is 15.1 Å². The number of nitrogens with zero attached hydrogens (tertiary/aromatic N) is 4. The molecule has 3 aromatic rings. The number of rotatable bonds is 7. The van der Waals surface area contributed by atoms with E-state index in [0.29, 0.717) is 16.4 Å². The molecule has 0 radical (unpaired) electrons. The summed E-state index contributed by atoms with van der Waals surface area (Å²) in [5.74, 6) is 0.262. The number of amides is 2. The van der Waals surface area contributed by atoms with E-state index in [-0.39, 0.29) is 30.0 Å². The monoisotopic (exact) mass is 496 g/mol. The maximum Gasteiger partial charge on any atom is 0.253 e. The Kier molecular flexibility index (Phi) is 7.51. The highest BCUT2D eigenvalue weighted by Gasteiger charge is 2.21. The topological polar surface area (TPSA) is 101 Å². The second-order valence-electron chi connectivity index (χ2n) is 9.57. The van der Waals surface area contributed by atoms with Gasteiger partial charge in [0.15, 0.2) is 5.13 Å². The van der Waals surface area contributed by atoms with Crippen LogP contribution in [0.25, 0.3) is 11.4 Å². The average molecular weight is 497 g/mol. The van der Waals surface area contributed by atoms with E-state index in [0.717, 1.165) is 37.4 Å². The molecule has 0 aromatic carbocycles. The van der Waals surface area contributed by atoms with Crippen molar-refractivity contribution in [1.29, 1.82) is 0 Å². The maximum absolute atomic E-state index is 12.4. The maximum atomic E-state index is 12.4. The fourth-order valence-corrected chi connectivity index (χ4v) is 4.62. The van der Waals surface area contributed by atoms with Gasteiger partial charge in [0.25, 0.3) is 5.91 Å². The number of anilines is 2. The van der Waals surface area contributed by atoms with Gasteiger partial charge >= 0.3 is 0 Å². The number of piperidine rings is 1. The molecule has 3 aromatic heterocycles. The zero-order chi connectivity index (χ0) is 25.0. The molecule has 2 amide bonds. The lowest BCUT2D eigenvalue weighted by molar-refractivity contribution is -0.115. The van der Waals surface area contributed by atoms with Crippen LogP contribution in [0.2, 0.25) is 0 Å². The van der Waals surface area contributed by atoms with Gasteiger partial charge in [0.2, 0.25) is 5.91 Å². The molecule has 186 valence electrons. The van der Waals surface area contributed by atoms with Crippen LogP contribution >= 0.6 is 11.3 Å². The second kappa shape index (κ2) is 10.6. The molecular formula is C25H32N6O3S. The lowest BCUT2D eigenvalue weighted by Gasteiger charge is -2.32. The van der Waals surface area contributed by atoms with E-state index in [1.54, 1.807) is 19.4 Å². The first kappa shape index (κ1) is 24.9. The fraction of sp³-hybridized carbons (Fsp3) is 0.440. The molecule has 0 spiro atoms. The van der Waals surface area contributed by atoms with Gasteiger partial charge in [-0.25, -0.2) is 9.97 Å². The molecule has 1 fully saturated rings. The van der Waals surface area contributed by atoms with Crippen LogP contribution in [0.1, 0.15) is 44.0 Å².